The molecule has 138 valence electrons. The van der Waals surface area contributed by atoms with E-state index in [4.69, 9.17) is 14.2 Å². The lowest BCUT2D eigenvalue weighted by atomic mass is 9.84. The molecule has 0 spiro atoms. The first-order chi connectivity index (χ1) is 12.5. The van der Waals surface area contributed by atoms with Gasteiger partial charge in [-0.15, -0.1) is 0 Å². The van der Waals surface area contributed by atoms with Crippen LogP contribution < -0.4 is 19.5 Å². The Balaban J connectivity index is 1.59. The van der Waals surface area contributed by atoms with Crippen LogP contribution in [0.1, 0.15) is 25.0 Å². The van der Waals surface area contributed by atoms with Gasteiger partial charge >= 0.3 is 0 Å². The maximum Gasteiger partial charge on any atom is 0.224 e. The maximum atomic E-state index is 12.3. The zero-order chi connectivity index (χ0) is 18.6. The maximum absolute atomic E-state index is 12.3. The van der Waals surface area contributed by atoms with Gasteiger partial charge in [-0.1, -0.05) is 32.0 Å². The van der Waals surface area contributed by atoms with Crippen molar-refractivity contribution in [3.05, 3.63) is 53.6 Å². The zero-order valence-electron chi connectivity index (χ0n) is 15.5. The third-order valence-corrected chi connectivity index (χ3v) is 4.57. The molecule has 1 N–H and O–H groups in total. The molecular weight excluding hydrogens is 330 g/mol. The molecule has 2 aromatic rings. The van der Waals surface area contributed by atoms with Crippen LogP contribution in [0.15, 0.2) is 42.5 Å². The van der Waals surface area contributed by atoms with Gasteiger partial charge in [-0.05, 0) is 35.4 Å². The van der Waals surface area contributed by atoms with E-state index in [0.717, 1.165) is 28.4 Å². The molecule has 0 aromatic heterocycles. The predicted octanol–water partition coefficient (Wildman–Crippen LogP) is 3.10. The highest BCUT2D eigenvalue weighted by Gasteiger charge is 2.24. The van der Waals surface area contributed by atoms with Crippen LogP contribution in [0.4, 0.5) is 0 Å². The predicted molar refractivity (Wildman–Crippen MR) is 100 cm³/mol. The topological polar surface area (TPSA) is 56.8 Å². The molecule has 0 fully saturated rings. The highest BCUT2D eigenvalue weighted by molar-refractivity contribution is 5.78. The van der Waals surface area contributed by atoms with Crippen LogP contribution in [0.5, 0.6) is 17.2 Å². The van der Waals surface area contributed by atoms with Crippen molar-refractivity contribution in [3.63, 3.8) is 0 Å². The number of rotatable bonds is 6. The fraction of sp³-hybridized carbons (Fsp3) is 0.381. The van der Waals surface area contributed by atoms with Gasteiger partial charge in [-0.25, -0.2) is 0 Å². The van der Waals surface area contributed by atoms with Crippen molar-refractivity contribution in [2.75, 3.05) is 26.9 Å². The zero-order valence-corrected chi connectivity index (χ0v) is 15.5. The summed E-state index contributed by atoms with van der Waals surface area (Å²) in [6.07, 6.45) is 0.348. The molecule has 0 atom stereocenters. The number of hydrogen-bond acceptors (Lipinski definition) is 4. The molecule has 5 nitrogen and oxygen atoms in total. The van der Waals surface area contributed by atoms with Crippen molar-refractivity contribution in [1.29, 1.82) is 0 Å². The van der Waals surface area contributed by atoms with Gasteiger partial charge in [0, 0.05) is 12.0 Å². The molecule has 0 unspecified atom stereocenters. The second-order valence-electron chi connectivity index (χ2n) is 7.04. The molecule has 1 aliphatic heterocycles. The van der Waals surface area contributed by atoms with Crippen LogP contribution in [-0.2, 0) is 16.6 Å². The van der Waals surface area contributed by atoms with Crippen molar-refractivity contribution in [2.45, 2.75) is 25.7 Å². The van der Waals surface area contributed by atoms with Crippen molar-refractivity contribution in [1.82, 2.24) is 5.32 Å². The number of hydrogen-bond donors (Lipinski definition) is 1. The minimum Gasteiger partial charge on any atom is -0.497 e. The van der Waals surface area contributed by atoms with E-state index in [0.29, 0.717) is 26.2 Å². The lowest BCUT2D eigenvalue weighted by molar-refractivity contribution is -0.120. The highest BCUT2D eigenvalue weighted by Crippen LogP contribution is 2.34. The van der Waals surface area contributed by atoms with Crippen LogP contribution in [0.25, 0.3) is 0 Å². The molecule has 0 aliphatic carbocycles. The standard InChI is InChI=1S/C21H25NO4/c1-21(2,16-6-9-18-19(13-16)26-11-10-25-18)14-22-20(23)12-15-4-7-17(24-3)8-5-15/h4-9,13H,10-12,14H2,1-3H3,(H,22,23). The Labute approximate surface area is 154 Å². The average Bonchev–Trinajstić information content (AvgIpc) is 2.67. The summed E-state index contributed by atoms with van der Waals surface area (Å²) in [6.45, 7) is 5.90. The van der Waals surface area contributed by atoms with E-state index in [1.54, 1.807) is 7.11 Å². The third-order valence-electron chi connectivity index (χ3n) is 4.57. The number of fused-ring (bicyclic) bond motifs is 1. The first-order valence-corrected chi connectivity index (χ1v) is 8.78. The van der Waals surface area contributed by atoms with Crippen LogP contribution in [0.2, 0.25) is 0 Å². The van der Waals surface area contributed by atoms with Crippen molar-refractivity contribution >= 4 is 5.91 Å². The van der Waals surface area contributed by atoms with E-state index < -0.39 is 0 Å². The minimum absolute atomic E-state index is 0.000727. The Kier molecular flexibility index (Phi) is 5.35. The van der Waals surface area contributed by atoms with E-state index in [9.17, 15) is 4.79 Å². The number of ether oxygens (including phenoxy) is 3. The Morgan fingerprint density at radius 3 is 2.46 bits per heavy atom. The molecule has 2 aromatic carbocycles. The van der Waals surface area contributed by atoms with E-state index >= 15 is 0 Å². The van der Waals surface area contributed by atoms with Gasteiger partial charge in [-0.3, -0.25) is 4.79 Å². The highest BCUT2D eigenvalue weighted by atomic mass is 16.6. The molecule has 0 radical (unpaired) electrons. The summed E-state index contributed by atoms with van der Waals surface area (Å²) in [5, 5.41) is 3.04. The van der Waals surface area contributed by atoms with Crippen molar-refractivity contribution in [2.24, 2.45) is 0 Å². The Morgan fingerprint density at radius 1 is 1.08 bits per heavy atom. The number of carbonyl (C=O) groups excluding carboxylic acids is 1. The molecule has 1 aliphatic rings. The normalized spacial score (nSPS) is 13.2. The molecular formula is C21H25NO4. The van der Waals surface area contributed by atoms with Crippen LogP contribution in [0.3, 0.4) is 0 Å². The first kappa shape index (κ1) is 18.1. The Hall–Kier alpha value is -2.69. The van der Waals surface area contributed by atoms with Gasteiger partial charge in [0.25, 0.3) is 0 Å². The average molecular weight is 355 g/mol. The smallest absolute Gasteiger partial charge is 0.224 e. The van der Waals surface area contributed by atoms with Crippen LogP contribution in [-0.4, -0.2) is 32.8 Å². The van der Waals surface area contributed by atoms with E-state index in [1.807, 2.05) is 42.5 Å². The van der Waals surface area contributed by atoms with E-state index in [2.05, 4.69) is 19.2 Å². The number of carbonyl (C=O) groups is 1. The summed E-state index contributed by atoms with van der Waals surface area (Å²) in [5.74, 6) is 2.33. The monoisotopic (exact) mass is 355 g/mol. The summed E-state index contributed by atoms with van der Waals surface area (Å²) >= 11 is 0. The number of amides is 1. The van der Waals surface area contributed by atoms with Gasteiger partial charge in [-0.2, -0.15) is 0 Å². The summed E-state index contributed by atoms with van der Waals surface area (Å²) in [5.41, 5.74) is 1.85. The Bertz CT molecular complexity index is 768. The van der Waals surface area contributed by atoms with Crippen LogP contribution in [0, 0.1) is 0 Å². The van der Waals surface area contributed by atoms with Crippen molar-refractivity contribution in [3.8, 4) is 17.2 Å². The molecule has 5 heteroatoms. The van der Waals surface area contributed by atoms with E-state index in [-0.39, 0.29) is 11.3 Å². The minimum atomic E-state index is -0.217. The first-order valence-electron chi connectivity index (χ1n) is 8.78. The summed E-state index contributed by atoms with van der Waals surface area (Å²) in [7, 11) is 1.63. The van der Waals surface area contributed by atoms with Gasteiger partial charge in [0.15, 0.2) is 11.5 Å². The molecule has 0 saturated heterocycles. The largest absolute Gasteiger partial charge is 0.497 e. The van der Waals surface area contributed by atoms with Gasteiger partial charge in [0.05, 0.1) is 13.5 Å². The van der Waals surface area contributed by atoms with Crippen LogP contribution >= 0.6 is 0 Å². The molecule has 3 rings (SSSR count). The molecule has 0 bridgehead atoms. The quantitative estimate of drug-likeness (QED) is 0.865. The fourth-order valence-electron chi connectivity index (χ4n) is 2.88. The second-order valence-corrected chi connectivity index (χ2v) is 7.04. The van der Waals surface area contributed by atoms with Crippen molar-refractivity contribution < 1.29 is 19.0 Å². The lowest BCUT2D eigenvalue weighted by Gasteiger charge is -2.28. The summed E-state index contributed by atoms with van der Waals surface area (Å²) in [4.78, 5) is 12.3. The third kappa shape index (κ3) is 4.28. The van der Waals surface area contributed by atoms with Gasteiger partial charge in [0.1, 0.15) is 19.0 Å². The number of benzene rings is 2. The Morgan fingerprint density at radius 2 is 1.77 bits per heavy atom. The van der Waals surface area contributed by atoms with E-state index in [1.165, 1.54) is 0 Å². The molecule has 0 saturated carbocycles. The SMILES string of the molecule is COc1ccc(CC(=O)NCC(C)(C)c2ccc3c(c2)OCCO3)cc1. The number of methoxy groups -OCH3 is 1. The number of nitrogens with one attached hydrogen (secondary N) is 1. The summed E-state index contributed by atoms with van der Waals surface area (Å²) in [6, 6.07) is 13.5. The molecule has 26 heavy (non-hydrogen) atoms. The molecule has 1 heterocycles. The lowest BCUT2D eigenvalue weighted by Crippen LogP contribution is -2.37. The summed E-state index contributed by atoms with van der Waals surface area (Å²) < 4.78 is 16.4. The second kappa shape index (κ2) is 7.68. The van der Waals surface area contributed by atoms with Gasteiger partial charge in [0.2, 0.25) is 5.91 Å². The van der Waals surface area contributed by atoms with Gasteiger partial charge < -0.3 is 19.5 Å². The fourth-order valence-corrected chi connectivity index (χ4v) is 2.88. The molecule has 1 amide bonds.